The summed E-state index contributed by atoms with van der Waals surface area (Å²) in [5, 5.41) is 9.27. The van der Waals surface area contributed by atoms with Crippen LogP contribution in [0.15, 0.2) is 41.8 Å². The van der Waals surface area contributed by atoms with Gasteiger partial charge in [-0.25, -0.2) is 14.8 Å². The molecule has 1 amide bonds. The number of benzene rings is 2. The first-order valence-electron chi connectivity index (χ1n) is 11.5. The minimum atomic E-state index is -0.584. The van der Waals surface area contributed by atoms with Gasteiger partial charge in [-0.2, -0.15) is 0 Å². The van der Waals surface area contributed by atoms with Crippen molar-refractivity contribution in [2.75, 3.05) is 37.7 Å². The van der Waals surface area contributed by atoms with Crippen molar-refractivity contribution in [3.05, 3.63) is 41.8 Å². The molecule has 200 valence electrons. The van der Waals surface area contributed by atoms with E-state index in [2.05, 4.69) is 15.6 Å². The van der Waals surface area contributed by atoms with Crippen LogP contribution >= 0.6 is 22.7 Å². The Morgan fingerprint density at radius 2 is 1.68 bits per heavy atom. The van der Waals surface area contributed by atoms with E-state index in [0.717, 1.165) is 21.1 Å². The lowest BCUT2D eigenvalue weighted by atomic mass is 10.1. The lowest BCUT2D eigenvalue weighted by molar-refractivity contribution is 0.0636. The van der Waals surface area contributed by atoms with Crippen molar-refractivity contribution in [3.63, 3.8) is 0 Å². The van der Waals surface area contributed by atoms with Gasteiger partial charge in [0.1, 0.15) is 21.3 Å². The van der Waals surface area contributed by atoms with Crippen LogP contribution in [0.4, 0.5) is 27.1 Å². The van der Waals surface area contributed by atoms with E-state index in [-0.39, 0.29) is 0 Å². The molecule has 0 saturated heterocycles. The van der Waals surface area contributed by atoms with Gasteiger partial charge in [-0.15, -0.1) is 11.3 Å². The molecule has 2 heterocycles. The fourth-order valence-electron chi connectivity index (χ4n) is 3.50. The topological polar surface area (TPSA) is 130 Å². The molecule has 4 N–H and O–H groups in total. The molecular weight excluding hydrogens is 526 g/mol. The number of methoxy groups -OCH3 is 3. The summed E-state index contributed by atoms with van der Waals surface area (Å²) in [7, 11) is 4.67. The second-order valence-electron chi connectivity index (χ2n) is 9.02. The smallest absolute Gasteiger partial charge is 0.412 e. The summed E-state index contributed by atoms with van der Waals surface area (Å²) < 4.78 is 21.6. The third-order valence-electron chi connectivity index (χ3n) is 5.07. The Morgan fingerprint density at radius 1 is 0.974 bits per heavy atom. The van der Waals surface area contributed by atoms with E-state index < -0.39 is 11.7 Å². The number of rotatable bonds is 8. The molecule has 0 atom stereocenters. The van der Waals surface area contributed by atoms with Gasteiger partial charge in [0.15, 0.2) is 16.6 Å². The third kappa shape index (κ3) is 6.26. The van der Waals surface area contributed by atoms with Crippen molar-refractivity contribution in [1.29, 1.82) is 0 Å². The summed E-state index contributed by atoms with van der Waals surface area (Å²) in [6.45, 7) is 5.45. The number of nitrogens with zero attached hydrogens (tertiary/aromatic N) is 2. The Bertz CT molecular complexity index is 1420. The Hall–Kier alpha value is -4.03. The largest absolute Gasteiger partial charge is 0.493 e. The number of carbonyl (C=O) groups is 1. The fraction of sp³-hybridized carbons (Fsp3) is 0.269. The zero-order valence-electron chi connectivity index (χ0n) is 21.9. The van der Waals surface area contributed by atoms with Crippen LogP contribution in [0.3, 0.4) is 0 Å². The van der Waals surface area contributed by atoms with Crippen LogP contribution in [0.25, 0.3) is 21.1 Å². The highest BCUT2D eigenvalue weighted by Gasteiger charge is 2.19. The zero-order valence-corrected chi connectivity index (χ0v) is 23.5. The highest BCUT2D eigenvalue weighted by Crippen LogP contribution is 2.43. The molecule has 4 aromatic rings. The summed E-state index contributed by atoms with van der Waals surface area (Å²) in [6.07, 6.45) is -0.516. The number of amides is 1. The SMILES string of the molecule is COc1cc(Nc2nc(N)c(-c3nc(-c4cccc(NC(=O)OC(C)(C)C)c4)cs3)s2)cc(OC)c1OC. The van der Waals surface area contributed by atoms with Crippen molar-refractivity contribution < 1.29 is 23.7 Å². The van der Waals surface area contributed by atoms with Crippen LogP contribution in [0, 0.1) is 0 Å². The van der Waals surface area contributed by atoms with Gasteiger partial charge in [0, 0.05) is 34.5 Å². The minimum Gasteiger partial charge on any atom is -0.493 e. The molecule has 2 aromatic carbocycles. The second kappa shape index (κ2) is 11.2. The lowest BCUT2D eigenvalue weighted by Crippen LogP contribution is -2.27. The van der Waals surface area contributed by atoms with Crippen LogP contribution in [0.1, 0.15) is 20.8 Å². The maximum absolute atomic E-state index is 12.1. The molecule has 0 aliphatic rings. The van der Waals surface area contributed by atoms with Crippen molar-refractivity contribution in [2.45, 2.75) is 26.4 Å². The average molecular weight is 556 g/mol. The molecule has 0 fully saturated rings. The first kappa shape index (κ1) is 27.0. The van der Waals surface area contributed by atoms with E-state index in [4.69, 9.17) is 29.7 Å². The summed E-state index contributed by atoms with van der Waals surface area (Å²) in [5.74, 6) is 1.91. The van der Waals surface area contributed by atoms with E-state index in [9.17, 15) is 4.79 Å². The van der Waals surface area contributed by atoms with Gasteiger partial charge in [-0.3, -0.25) is 5.32 Å². The van der Waals surface area contributed by atoms with Gasteiger partial charge in [0.25, 0.3) is 0 Å². The monoisotopic (exact) mass is 555 g/mol. The van der Waals surface area contributed by atoms with E-state index in [1.807, 2.05) is 44.4 Å². The van der Waals surface area contributed by atoms with Gasteiger partial charge in [0.05, 0.1) is 27.0 Å². The highest BCUT2D eigenvalue weighted by atomic mass is 32.1. The van der Waals surface area contributed by atoms with Crippen molar-refractivity contribution >= 4 is 51.1 Å². The number of ether oxygens (including phenoxy) is 4. The van der Waals surface area contributed by atoms with Crippen LogP contribution in [-0.4, -0.2) is 43.0 Å². The van der Waals surface area contributed by atoms with E-state index in [1.165, 1.54) is 22.7 Å². The van der Waals surface area contributed by atoms with E-state index >= 15 is 0 Å². The zero-order chi connectivity index (χ0) is 27.4. The Morgan fingerprint density at radius 3 is 2.32 bits per heavy atom. The van der Waals surface area contributed by atoms with Gasteiger partial charge in [-0.05, 0) is 32.9 Å². The van der Waals surface area contributed by atoms with Gasteiger partial charge >= 0.3 is 6.09 Å². The van der Waals surface area contributed by atoms with E-state index in [1.54, 1.807) is 39.5 Å². The Balaban J connectivity index is 1.54. The highest BCUT2D eigenvalue weighted by molar-refractivity contribution is 7.23. The quantitative estimate of drug-likeness (QED) is 0.219. The van der Waals surface area contributed by atoms with E-state index in [0.29, 0.717) is 39.6 Å². The molecule has 0 aliphatic heterocycles. The predicted octanol–water partition coefficient (Wildman–Crippen LogP) is 6.63. The van der Waals surface area contributed by atoms with Crippen molar-refractivity contribution in [2.24, 2.45) is 0 Å². The van der Waals surface area contributed by atoms with Crippen LogP contribution in [0.2, 0.25) is 0 Å². The Kier molecular flexibility index (Phi) is 7.93. The van der Waals surface area contributed by atoms with Crippen LogP contribution in [-0.2, 0) is 4.74 Å². The molecule has 38 heavy (non-hydrogen) atoms. The number of thiazole rings is 2. The number of nitrogens with two attached hydrogens (primary N) is 1. The maximum Gasteiger partial charge on any atom is 0.412 e. The Labute approximate surface area is 228 Å². The minimum absolute atomic E-state index is 0.367. The first-order valence-corrected chi connectivity index (χ1v) is 13.2. The summed E-state index contributed by atoms with van der Waals surface area (Å²) in [6, 6.07) is 11.0. The molecule has 4 rings (SSSR count). The molecule has 0 unspecified atom stereocenters. The number of nitrogen functional groups attached to an aromatic ring is 1. The van der Waals surface area contributed by atoms with Crippen molar-refractivity contribution in [3.8, 4) is 38.4 Å². The number of hydrogen-bond acceptors (Lipinski definition) is 11. The molecule has 10 nitrogen and oxygen atoms in total. The average Bonchev–Trinajstić information content (AvgIpc) is 3.48. The van der Waals surface area contributed by atoms with Crippen molar-refractivity contribution in [1.82, 2.24) is 9.97 Å². The number of carbonyl (C=O) groups excluding carboxylic acids is 1. The number of nitrogens with one attached hydrogen (secondary N) is 2. The third-order valence-corrected chi connectivity index (χ3v) is 7.05. The van der Waals surface area contributed by atoms with Gasteiger partial charge < -0.3 is 30.0 Å². The molecule has 0 saturated carbocycles. The predicted molar refractivity (Wildman–Crippen MR) is 152 cm³/mol. The molecule has 0 spiro atoms. The number of hydrogen-bond donors (Lipinski definition) is 3. The summed E-state index contributed by atoms with van der Waals surface area (Å²) in [4.78, 5) is 22.1. The molecular formula is C26H29N5O5S2. The van der Waals surface area contributed by atoms with Gasteiger partial charge in [-0.1, -0.05) is 23.5 Å². The van der Waals surface area contributed by atoms with Crippen LogP contribution in [0.5, 0.6) is 17.2 Å². The number of aromatic nitrogens is 2. The molecule has 12 heteroatoms. The second-order valence-corrected chi connectivity index (χ2v) is 10.9. The van der Waals surface area contributed by atoms with Crippen LogP contribution < -0.4 is 30.6 Å². The summed E-state index contributed by atoms with van der Waals surface area (Å²) >= 11 is 2.84. The fourth-order valence-corrected chi connectivity index (χ4v) is 5.34. The van der Waals surface area contributed by atoms with Gasteiger partial charge in [0.2, 0.25) is 5.75 Å². The summed E-state index contributed by atoms with van der Waals surface area (Å²) in [5.41, 5.74) is 8.59. The molecule has 0 bridgehead atoms. The molecule has 0 radical (unpaired) electrons. The lowest BCUT2D eigenvalue weighted by Gasteiger charge is -2.19. The maximum atomic E-state index is 12.1. The molecule has 0 aliphatic carbocycles. The standard InChI is InChI=1S/C26H29N5O5S2/c1-26(2,3)36-25(32)29-15-9-7-8-14(10-15)17-13-37-23(30-17)21-22(27)31-24(38-21)28-16-11-18(33-4)20(35-6)19(12-16)34-5/h7-13H,27H2,1-6H3,(H,28,31)(H,29,32). The normalized spacial score (nSPS) is 11.1. The molecule has 2 aromatic heterocycles. The number of anilines is 4. The first-order chi connectivity index (χ1) is 18.1.